The molecule has 8 nitrogen and oxygen atoms in total. The second-order valence-electron chi connectivity index (χ2n) is 6.90. The minimum absolute atomic E-state index is 0.159. The fourth-order valence-corrected chi connectivity index (χ4v) is 4.87. The van der Waals surface area contributed by atoms with Crippen LogP contribution in [0, 0.1) is 11.8 Å². The number of phenols is 1. The van der Waals surface area contributed by atoms with E-state index in [0.29, 0.717) is 11.3 Å². The van der Waals surface area contributed by atoms with Crippen molar-refractivity contribution in [2.75, 3.05) is 26.2 Å². The van der Waals surface area contributed by atoms with E-state index in [4.69, 9.17) is 4.74 Å². The highest BCUT2D eigenvalue weighted by Crippen LogP contribution is 2.47. The molecular formula is C18H22N2O6S. The smallest absolute Gasteiger partial charge is 0.239 e. The number of para-hydroxylation sites is 1. The predicted octanol–water partition coefficient (Wildman–Crippen LogP) is -1.51. The number of thioether (sulfide) groups is 1. The Bertz CT molecular complexity index is 800. The minimum atomic E-state index is -1.56. The minimum Gasteiger partial charge on any atom is -0.544 e. The Labute approximate surface area is 160 Å². The van der Waals surface area contributed by atoms with Crippen molar-refractivity contribution in [3.05, 3.63) is 23.8 Å². The van der Waals surface area contributed by atoms with E-state index >= 15 is 0 Å². The monoisotopic (exact) mass is 394 g/mol. The van der Waals surface area contributed by atoms with E-state index in [0.717, 1.165) is 4.90 Å². The van der Waals surface area contributed by atoms with E-state index in [1.807, 2.05) is 6.26 Å². The lowest BCUT2D eigenvalue weighted by atomic mass is 9.78. The lowest BCUT2D eigenvalue weighted by molar-refractivity contribution is -0.739. The van der Waals surface area contributed by atoms with Crippen LogP contribution >= 0.6 is 11.8 Å². The molecule has 1 aromatic rings. The molecule has 0 aromatic heterocycles. The first-order valence-corrected chi connectivity index (χ1v) is 9.93. The van der Waals surface area contributed by atoms with Crippen molar-refractivity contribution >= 4 is 29.5 Å². The van der Waals surface area contributed by atoms with E-state index < -0.39 is 41.2 Å². The van der Waals surface area contributed by atoms with E-state index in [9.17, 15) is 24.6 Å². The number of quaternary nitrogens is 1. The molecule has 27 heavy (non-hydrogen) atoms. The average molecular weight is 394 g/mol. The number of phenolic OH excluding ortho intramolecular Hbond substituents is 1. The zero-order valence-electron chi connectivity index (χ0n) is 15.3. The Hall–Kier alpha value is -2.26. The van der Waals surface area contributed by atoms with Crippen LogP contribution in [0.15, 0.2) is 18.2 Å². The first-order valence-electron chi connectivity index (χ1n) is 8.53. The highest BCUT2D eigenvalue weighted by molar-refractivity contribution is 7.98. The Balaban J connectivity index is 2.15. The molecule has 4 atom stereocenters. The van der Waals surface area contributed by atoms with Gasteiger partial charge in [-0.15, -0.1) is 0 Å². The number of nitrogens with two attached hydrogens (primary N) is 1. The van der Waals surface area contributed by atoms with Crippen molar-refractivity contribution in [1.82, 2.24) is 4.90 Å². The molecule has 0 spiro atoms. The van der Waals surface area contributed by atoms with Crippen LogP contribution in [0.25, 0.3) is 0 Å². The lowest BCUT2D eigenvalue weighted by Crippen LogP contribution is -2.99. The summed E-state index contributed by atoms with van der Waals surface area (Å²) < 4.78 is 5.13. The third kappa shape index (κ3) is 2.76. The Kier molecular flexibility index (Phi) is 5.09. The van der Waals surface area contributed by atoms with Gasteiger partial charge in [0.25, 0.3) is 0 Å². The van der Waals surface area contributed by atoms with Crippen LogP contribution in [-0.2, 0) is 14.4 Å². The first kappa shape index (κ1) is 19.5. The molecule has 146 valence electrons. The summed E-state index contributed by atoms with van der Waals surface area (Å²) in [6, 6.07) is 4.11. The summed E-state index contributed by atoms with van der Waals surface area (Å²) in [6.45, 7) is 0. The van der Waals surface area contributed by atoms with Crippen molar-refractivity contribution in [1.29, 1.82) is 0 Å². The predicted molar refractivity (Wildman–Crippen MR) is 94.8 cm³/mol. The maximum absolute atomic E-state index is 12.8. The summed E-state index contributed by atoms with van der Waals surface area (Å²) in [4.78, 5) is 38.7. The summed E-state index contributed by atoms with van der Waals surface area (Å²) in [5.41, 5.74) is -1.20. The van der Waals surface area contributed by atoms with E-state index in [1.165, 1.54) is 31.2 Å². The highest BCUT2D eigenvalue weighted by atomic mass is 32.2. The lowest BCUT2D eigenvalue weighted by Gasteiger charge is -2.32. The maximum Gasteiger partial charge on any atom is 0.239 e. The Morgan fingerprint density at radius 3 is 2.70 bits per heavy atom. The van der Waals surface area contributed by atoms with Gasteiger partial charge < -0.3 is 25.1 Å². The van der Waals surface area contributed by atoms with Gasteiger partial charge in [0.05, 0.1) is 12.7 Å². The molecule has 3 rings (SSSR count). The summed E-state index contributed by atoms with van der Waals surface area (Å²) in [6.07, 6.45) is 2.01. The van der Waals surface area contributed by atoms with Gasteiger partial charge in [-0.3, -0.25) is 14.5 Å². The summed E-state index contributed by atoms with van der Waals surface area (Å²) in [7, 11) is 2.77. The van der Waals surface area contributed by atoms with Crippen molar-refractivity contribution in [3.63, 3.8) is 0 Å². The second-order valence-corrected chi connectivity index (χ2v) is 7.89. The van der Waals surface area contributed by atoms with Crippen LogP contribution in [0.2, 0.25) is 0 Å². The fourth-order valence-electron chi connectivity index (χ4n) is 4.33. The molecule has 0 aliphatic carbocycles. The van der Waals surface area contributed by atoms with E-state index in [-0.39, 0.29) is 17.9 Å². The van der Waals surface area contributed by atoms with Crippen LogP contribution in [-0.4, -0.2) is 59.5 Å². The second kappa shape index (κ2) is 7.05. The highest BCUT2D eigenvalue weighted by Gasteiger charge is 2.69. The summed E-state index contributed by atoms with van der Waals surface area (Å²) in [5.74, 6) is -3.70. The Morgan fingerprint density at radius 1 is 1.41 bits per heavy atom. The van der Waals surface area contributed by atoms with Crippen LogP contribution in [0.4, 0.5) is 0 Å². The zero-order valence-corrected chi connectivity index (χ0v) is 16.1. The van der Waals surface area contributed by atoms with Gasteiger partial charge in [-0.1, -0.05) is 6.07 Å². The van der Waals surface area contributed by atoms with Gasteiger partial charge in [-0.05, 0) is 24.1 Å². The largest absolute Gasteiger partial charge is 0.544 e. The molecule has 0 radical (unpaired) electrons. The quantitative estimate of drug-likeness (QED) is 0.562. The van der Waals surface area contributed by atoms with E-state index in [1.54, 1.807) is 18.2 Å². The van der Waals surface area contributed by atoms with Crippen LogP contribution < -0.4 is 15.2 Å². The van der Waals surface area contributed by atoms with Crippen molar-refractivity contribution < 1.29 is 34.7 Å². The number of rotatable bonds is 6. The molecule has 1 aromatic carbocycles. The zero-order chi connectivity index (χ0) is 19.9. The number of methoxy groups -OCH3 is 1. The maximum atomic E-state index is 12.8. The van der Waals surface area contributed by atoms with Crippen molar-refractivity contribution in [2.45, 2.75) is 18.0 Å². The molecule has 2 amide bonds. The number of hydrogen-bond acceptors (Lipinski definition) is 7. The number of aliphatic carboxylic acids is 1. The van der Waals surface area contributed by atoms with Gasteiger partial charge in [0.15, 0.2) is 17.0 Å². The first-order chi connectivity index (χ1) is 12.8. The third-order valence-corrected chi connectivity index (χ3v) is 6.31. The van der Waals surface area contributed by atoms with Gasteiger partial charge in [0.1, 0.15) is 23.8 Å². The number of ether oxygens (including phenoxy) is 1. The third-order valence-electron chi connectivity index (χ3n) is 5.70. The molecular weight excluding hydrogens is 372 g/mol. The van der Waals surface area contributed by atoms with Crippen LogP contribution in [0.3, 0.4) is 0 Å². The van der Waals surface area contributed by atoms with Gasteiger partial charge in [0.2, 0.25) is 11.8 Å². The topological polar surface area (TPSA) is 124 Å². The number of aromatic hydroxyl groups is 1. The number of imide groups is 1. The molecule has 9 heteroatoms. The molecule has 2 saturated heterocycles. The average Bonchev–Trinajstić information content (AvgIpc) is 3.11. The number of nitrogens with zero attached hydrogens (tertiary/aromatic N) is 1. The van der Waals surface area contributed by atoms with Gasteiger partial charge in [0, 0.05) is 13.5 Å². The molecule has 3 N–H and O–H groups in total. The van der Waals surface area contributed by atoms with Crippen LogP contribution in [0.1, 0.15) is 18.0 Å². The van der Waals surface area contributed by atoms with E-state index in [2.05, 4.69) is 0 Å². The van der Waals surface area contributed by atoms with Gasteiger partial charge in [-0.25, -0.2) is 0 Å². The number of fused-ring (bicyclic) bond motifs is 1. The summed E-state index contributed by atoms with van der Waals surface area (Å²) >= 11 is 1.46. The number of carbonyl (C=O) groups is 3. The van der Waals surface area contributed by atoms with Crippen LogP contribution in [0.5, 0.6) is 11.5 Å². The number of carboxylic acid groups (broad SMARTS) is 1. The Morgan fingerprint density at radius 2 is 2.11 bits per heavy atom. The number of amides is 2. The van der Waals surface area contributed by atoms with Crippen molar-refractivity contribution in [3.8, 4) is 11.5 Å². The number of carbonyl (C=O) groups excluding carboxylic acids is 3. The number of benzene rings is 1. The molecule has 0 bridgehead atoms. The number of hydrogen-bond donors (Lipinski definition) is 2. The molecule has 2 aliphatic rings. The normalized spacial score (nSPS) is 29.9. The number of carboxylic acids is 1. The standard InChI is InChI=1S/C18H22N2O6S/c1-20-15(22)11-12(16(20)23)18(17(24)25,7-8-27-3)19-13(11)9-5-4-6-10(26-2)14(9)21/h4-6,11-13,19,21H,7-8H2,1-3H3,(H,24,25)/t11-,12+,13+,18+/m0/s1. The molecule has 2 aliphatic heterocycles. The molecule has 2 heterocycles. The molecule has 0 saturated carbocycles. The summed E-state index contributed by atoms with van der Waals surface area (Å²) in [5, 5.41) is 24.3. The fraction of sp³-hybridized carbons (Fsp3) is 0.500. The van der Waals surface area contributed by atoms with Gasteiger partial charge in [-0.2, -0.15) is 11.8 Å². The van der Waals surface area contributed by atoms with Crippen molar-refractivity contribution in [2.24, 2.45) is 11.8 Å². The molecule has 0 unspecified atom stereocenters. The number of likely N-dealkylation sites (tertiary alicyclic amines) is 1. The molecule has 2 fully saturated rings. The SMILES string of the molecule is COc1cccc([C@H]2[NH2+][C@@](CCSC)(C(=O)[O-])[C@H]3C(=O)N(C)C(=O)[C@H]23)c1O. The van der Waals surface area contributed by atoms with Gasteiger partial charge >= 0.3 is 0 Å².